The van der Waals surface area contributed by atoms with Crippen LogP contribution in [0.2, 0.25) is 5.02 Å². The fourth-order valence-corrected chi connectivity index (χ4v) is 2.16. The maximum atomic E-state index is 11.4. The van der Waals surface area contributed by atoms with Crippen LogP contribution in [-0.2, 0) is 6.42 Å². The van der Waals surface area contributed by atoms with Gasteiger partial charge in [0.15, 0.2) is 5.82 Å². The van der Waals surface area contributed by atoms with E-state index in [-0.39, 0.29) is 10.6 Å². The van der Waals surface area contributed by atoms with Crippen molar-refractivity contribution in [2.45, 2.75) is 12.8 Å². The fraction of sp³-hybridized carbons (Fsp3) is 0.286. The van der Waals surface area contributed by atoms with E-state index in [0.717, 1.165) is 19.4 Å². The zero-order valence-electron chi connectivity index (χ0n) is 10.8. The maximum Gasteiger partial charge on any atom is 0.271 e. The molecular formula is C14H16ClN3O. The Kier molecular flexibility index (Phi) is 4.58. The van der Waals surface area contributed by atoms with Crippen LogP contribution in [-0.4, -0.2) is 23.6 Å². The van der Waals surface area contributed by atoms with E-state index < -0.39 is 0 Å². The topological polar surface area (TPSA) is 49.0 Å². The van der Waals surface area contributed by atoms with Crippen LogP contribution in [0, 0.1) is 0 Å². The predicted octanol–water partition coefficient (Wildman–Crippen LogP) is 2.49. The van der Waals surface area contributed by atoms with E-state index in [1.807, 2.05) is 30.1 Å². The summed E-state index contributed by atoms with van der Waals surface area (Å²) in [7, 11) is 1.89. The highest BCUT2D eigenvalue weighted by Crippen LogP contribution is 2.17. The van der Waals surface area contributed by atoms with Crippen LogP contribution in [0.1, 0.15) is 12.0 Å². The molecule has 0 fully saturated rings. The molecule has 2 aromatic rings. The molecule has 0 aliphatic heterocycles. The van der Waals surface area contributed by atoms with Gasteiger partial charge in [-0.25, -0.2) is 4.98 Å². The van der Waals surface area contributed by atoms with Crippen LogP contribution in [0.3, 0.4) is 0 Å². The molecule has 0 atom stereocenters. The summed E-state index contributed by atoms with van der Waals surface area (Å²) in [4.78, 5) is 19.8. The van der Waals surface area contributed by atoms with Crippen LogP contribution < -0.4 is 10.5 Å². The lowest BCUT2D eigenvalue weighted by molar-refractivity contribution is 0.775. The number of rotatable bonds is 5. The number of nitrogens with zero attached hydrogens (tertiary/aromatic N) is 2. The van der Waals surface area contributed by atoms with Gasteiger partial charge in [-0.05, 0) is 18.4 Å². The normalized spacial score (nSPS) is 10.4. The lowest BCUT2D eigenvalue weighted by Crippen LogP contribution is -2.23. The van der Waals surface area contributed by atoms with E-state index in [1.165, 1.54) is 11.9 Å². The Bertz CT molecular complexity index is 583. The summed E-state index contributed by atoms with van der Waals surface area (Å²) in [5.41, 5.74) is 1.00. The average Bonchev–Trinajstić information content (AvgIpc) is 2.43. The summed E-state index contributed by atoms with van der Waals surface area (Å²) in [6, 6.07) is 10.3. The number of benzene rings is 1. The molecule has 0 amide bonds. The van der Waals surface area contributed by atoms with Crippen molar-refractivity contribution in [3.05, 3.63) is 57.6 Å². The Morgan fingerprint density at radius 3 is 2.79 bits per heavy atom. The summed E-state index contributed by atoms with van der Waals surface area (Å²) >= 11 is 5.94. The first kappa shape index (κ1) is 13.6. The third kappa shape index (κ3) is 3.58. The third-order valence-corrected chi connectivity index (χ3v) is 3.28. The Balaban J connectivity index is 1.93. The van der Waals surface area contributed by atoms with Gasteiger partial charge < -0.3 is 9.88 Å². The van der Waals surface area contributed by atoms with Crippen molar-refractivity contribution in [2.75, 3.05) is 18.5 Å². The van der Waals surface area contributed by atoms with E-state index in [2.05, 4.69) is 22.1 Å². The molecule has 0 saturated heterocycles. The quantitative estimate of drug-likeness (QED) is 0.913. The Labute approximate surface area is 117 Å². The fourth-order valence-electron chi connectivity index (χ4n) is 1.91. The molecule has 0 unspecified atom stereocenters. The first-order chi connectivity index (χ1) is 9.18. The summed E-state index contributed by atoms with van der Waals surface area (Å²) in [5.74, 6) is 0.526. The molecule has 1 heterocycles. The number of nitrogens with one attached hydrogen (secondary N) is 1. The molecule has 4 nitrogen and oxygen atoms in total. The van der Waals surface area contributed by atoms with Gasteiger partial charge in [-0.3, -0.25) is 4.79 Å². The Morgan fingerprint density at radius 1 is 1.32 bits per heavy atom. The zero-order valence-corrected chi connectivity index (χ0v) is 11.5. The molecule has 0 aliphatic carbocycles. The van der Waals surface area contributed by atoms with Crippen molar-refractivity contribution in [2.24, 2.45) is 0 Å². The molecule has 0 radical (unpaired) electrons. The minimum atomic E-state index is -0.304. The first-order valence-electron chi connectivity index (χ1n) is 6.16. The van der Waals surface area contributed by atoms with Gasteiger partial charge in [0, 0.05) is 13.6 Å². The second kappa shape index (κ2) is 6.38. The van der Waals surface area contributed by atoms with Gasteiger partial charge in [-0.2, -0.15) is 0 Å². The molecule has 0 aliphatic rings. The van der Waals surface area contributed by atoms with Crippen LogP contribution in [0.4, 0.5) is 5.82 Å². The summed E-state index contributed by atoms with van der Waals surface area (Å²) < 4.78 is 0. The molecule has 2 rings (SSSR count). The monoisotopic (exact) mass is 277 g/mol. The smallest absolute Gasteiger partial charge is 0.271 e. The number of H-pyrrole nitrogens is 1. The number of aromatic amines is 1. The van der Waals surface area contributed by atoms with Crippen molar-refractivity contribution < 1.29 is 0 Å². The summed E-state index contributed by atoms with van der Waals surface area (Å²) in [6.45, 7) is 0.797. The van der Waals surface area contributed by atoms with Crippen LogP contribution in [0.15, 0.2) is 41.5 Å². The minimum absolute atomic E-state index is 0.143. The lowest BCUT2D eigenvalue weighted by atomic mass is 10.1. The molecule has 19 heavy (non-hydrogen) atoms. The molecule has 1 N–H and O–H groups in total. The predicted molar refractivity (Wildman–Crippen MR) is 77.9 cm³/mol. The van der Waals surface area contributed by atoms with Crippen molar-refractivity contribution in [1.29, 1.82) is 0 Å². The van der Waals surface area contributed by atoms with Gasteiger partial charge in [-0.15, -0.1) is 0 Å². The molecule has 0 bridgehead atoms. The highest BCUT2D eigenvalue weighted by atomic mass is 35.5. The van der Waals surface area contributed by atoms with E-state index in [1.54, 1.807) is 0 Å². The third-order valence-electron chi connectivity index (χ3n) is 2.94. The second-order valence-corrected chi connectivity index (χ2v) is 4.76. The minimum Gasteiger partial charge on any atom is -0.358 e. The van der Waals surface area contributed by atoms with Crippen molar-refractivity contribution in [1.82, 2.24) is 9.97 Å². The largest absolute Gasteiger partial charge is 0.358 e. The average molecular weight is 278 g/mol. The Hall–Kier alpha value is -1.81. The second-order valence-electron chi connectivity index (χ2n) is 4.38. The molecule has 5 heteroatoms. The van der Waals surface area contributed by atoms with Gasteiger partial charge >= 0.3 is 0 Å². The number of halogens is 1. The summed E-state index contributed by atoms with van der Waals surface area (Å²) in [6.07, 6.45) is 3.34. The van der Waals surface area contributed by atoms with Gasteiger partial charge in [0.25, 0.3) is 5.56 Å². The number of anilines is 1. The molecule has 1 aromatic carbocycles. The zero-order chi connectivity index (χ0) is 13.7. The molecule has 0 saturated carbocycles. The molecule has 1 aromatic heterocycles. The van der Waals surface area contributed by atoms with Crippen molar-refractivity contribution >= 4 is 17.4 Å². The maximum absolute atomic E-state index is 11.4. The van der Waals surface area contributed by atoms with E-state index in [9.17, 15) is 4.79 Å². The van der Waals surface area contributed by atoms with E-state index >= 15 is 0 Å². The molecule has 100 valence electrons. The van der Waals surface area contributed by atoms with E-state index in [4.69, 9.17) is 11.6 Å². The van der Waals surface area contributed by atoms with Crippen molar-refractivity contribution in [3.8, 4) is 0 Å². The standard InChI is InChI=1S/C14H16ClN3O/c1-18(13-12(15)14(19)17-10-16-13)9-5-8-11-6-3-2-4-7-11/h2-4,6-7,10H,5,8-9H2,1H3,(H,16,17,19). The van der Waals surface area contributed by atoms with E-state index in [0.29, 0.717) is 5.82 Å². The van der Waals surface area contributed by atoms with Gasteiger partial charge in [-0.1, -0.05) is 41.9 Å². The number of hydrogen-bond donors (Lipinski definition) is 1. The van der Waals surface area contributed by atoms with Crippen molar-refractivity contribution in [3.63, 3.8) is 0 Å². The number of hydrogen-bond acceptors (Lipinski definition) is 3. The summed E-state index contributed by atoms with van der Waals surface area (Å²) in [5, 5.41) is 0.143. The van der Waals surface area contributed by atoms with Crippen LogP contribution >= 0.6 is 11.6 Å². The van der Waals surface area contributed by atoms with Gasteiger partial charge in [0.1, 0.15) is 5.02 Å². The Morgan fingerprint density at radius 2 is 2.05 bits per heavy atom. The first-order valence-corrected chi connectivity index (χ1v) is 6.54. The highest BCUT2D eigenvalue weighted by Gasteiger charge is 2.10. The highest BCUT2D eigenvalue weighted by molar-refractivity contribution is 6.32. The number of aromatic nitrogens is 2. The molecule has 0 spiro atoms. The molecular weight excluding hydrogens is 262 g/mol. The van der Waals surface area contributed by atoms with Gasteiger partial charge in [0.2, 0.25) is 0 Å². The van der Waals surface area contributed by atoms with Crippen LogP contribution in [0.25, 0.3) is 0 Å². The van der Waals surface area contributed by atoms with Crippen LogP contribution in [0.5, 0.6) is 0 Å². The number of aryl methyl sites for hydroxylation is 1. The van der Waals surface area contributed by atoms with Gasteiger partial charge in [0.05, 0.1) is 6.33 Å². The SMILES string of the molecule is CN(CCCc1ccccc1)c1nc[nH]c(=O)c1Cl. The lowest BCUT2D eigenvalue weighted by Gasteiger charge is -2.18.